The fraction of sp³-hybridized carbons (Fsp3) is 0.143. The van der Waals surface area contributed by atoms with E-state index in [2.05, 4.69) is 10.3 Å². The number of benzene rings is 1. The van der Waals surface area contributed by atoms with E-state index in [1.54, 1.807) is 19.1 Å². The lowest BCUT2D eigenvalue weighted by Gasteiger charge is -2.07. The molecule has 1 aromatic heterocycles. The fourth-order valence-corrected chi connectivity index (χ4v) is 2.27. The molecule has 0 saturated carbocycles. The average molecular weight is 321 g/mol. The molecule has 0 spiro atoms. The smallest absolute Gasteiger partial charge is 0.287 e. The second kappa shape index (κ2) is 6.99. The topological polar surface area (TPSA) is 85.1 Å². The minimum absolute atomic E-state index is 0.0260. The first kappa shape index (κ1) is 15.9. The zero-order chi connectivity index (χ0) is 16.1. The van der Waals surface area contributed by atoms with Crippen LogP contribution in [0.5, 0.6) is 0 Å². The van der Waals surface area contributed by atoms with Crippen molar-refractivity contribution in [3.63, 3.8) is 0 Å². The van der Waals surface area contributed by atoms with E-state index in [1.165, 1.54) is 18.2 Å². The van der Waals surface area contributed by atoms with Crippen molar-refractivity contribution < 1.29 is 14.1 Å². The summed E-state index contributed by atoms with van der Waals surface area (Å²) in [6.07, 6.45) is 1.13. The molecule has 2 aromatic rings. The van der Waals surface area contributed by atoms with Crippen LogP contribution in [-0.2, 0) is 4.79 Å². The Morgan fingerprint density at radius 1 is 1.41 bits per heavy atom. The summed E-state index contributed by atoms with van der Waals surface area (Å²) in [6, 6.07) is 7.22. The quantitative estimate of drug-likeness (QED) is 0.519. The molecule has 0 aliphatic carbocycles. The molecule has 0 atom stereocenters. The minimum Gasteiger partial charge on any atom is -0.323 e. The highest BCUT2D eigenvalue weighted by Gasteiger charge is 2.10. The van der Waals surface area contributed by atoms with Crippen molar-refractivity contribution in [2.24, 2.45) is 0 Å². The number of thioether (sulfide) groups is 1. The summed E-state index contributed by atoms with van der Waals surface area (Å²) in [7, 11) is 0. The maximum Gasteiger partial charge on any atom is 0.287 e. The Hall–Kier alpha value is -2.48. The number of carbonyl (C=O) groups excluding carboxylic acids is 1. The van der Waals surface area contributed by atoms with Crippen molar-refractivity contribution in [1.82, 2.24) is 4.98 Å². The van der Waals surface area contributed by atoms with Gasteiger partial charge in [-0.25, -0.2) is 9.37 Å². The van der Waals surface area contributed by atoms with E-state index in [-0.39, 0.29) is 23.0 Å². The number of carbonyl (C=O) groups is 1. The lowest BCUT2D eigenvalue weighted by molar-refractivity contribution is -0.385. The van der Waals surface area contributed by atoms with Crippen molar-refractivity contribution in [2.45, 2.75) is 11.9 Å². The number of rotatable bonds is 5. The molecule has 0 fully saturated rings. The molecule has 1 heterocycles. The van der Waals surface area contributed by atoms with Gasteiger partial charge in [0.15, 0.2) is 0 Å². The Balaban J connectivity index is 1.92. The van der Waals surface area contributed by atoms with Gasteiger partial charge in [-0.15, -0.1) is 0 Å². The van der Waals surface area contributed by atoms with Crippen LogP contribution >= 0.6 is 11.8 Å². The SMILES string of the molecule is Cc1ccc(F)c(NC(=O)CSc2ccc([N+](=O)[O-])cn2)c1. The van der Waals surface area contributed by atoms with E-state index in [4.69, 9.17) is 0 Å². The summed E-state index contributed by atoms with van der Waals surface area (Å²) in [6.45, 7) is 1.80. The lowest BCUT2D eigenvalue weighted by Crippen LogP contribution is -2.15. The van der Waals surface area contributed by atoms with Gasteiger partial charge in [-0.05, 0) is 30.7 Å². The van der Waals surface area contributed by atoms with E-state index < -0.39 is 10.7 Å². The fourth-order valence-electron chi connectivity index (χ4n) is 1.63. The summed E-state index contributed by atoms with van der Waals surface area (Å²) in [5.41, 5.74) is 0.847. The molecule has 0 unspecified atom stereocenters. The molecular weight excluding hydrogens is 309 g/mol. The van der Waals surface area contributed by atoms with Crippen LogP contribution in [0.3, 0.4) is 0 Å². The molecule has 1 N–H and O–H groups in total. The summed E-state index contributed by atoms with van der Waals surface area (Å²) in [5.74, 6) is -0.856. The number of anilines is 1. The van der Waals surface area contributed by atoms with Gasteiger partial charge in [0, 0.05) is 6.07 Å². The predicted octanol–water partition coefficient (Wildman–Crippen LogP) is 3.17. The summed E-state index contributed by atoms with van der Waals surface area (Å²) < 4.78 is 13.5. The largest absolute Gasteiger partial charge is 0.323 e. The van der Waals surface area contributed by atoms with Crippen LogP contribution in [0, 0.1) is 22.9 Å². The van der Waals surface area contributed by atoms with E-state index in [9.17, 15) is 19.3 Å². The number of hydrogen-bond donors (Lipinski definition) is 1. The first-order valence-electron chi connectivity index (χ1n) is 6.25. The Kier molecular flexibility index (Phi) is 5.05. The van der Waals surface area contributed by atoms with Gasteiger partial charge in [0.05, 0.1) is 21.4 Å². The molecule has 2 rings (SSSR count). The number of nitrogens with one attached hydrogen (secondary N) is 1. The molecule has 0 saturated heterocycles. The number of aryl methyl sites for hydroxylation is 1. The third-order valence-corrected chi connectivity index (χ3v) is 3.62. The lowest BCUT2D eigenvalue weighted by atomic mass is 10.2. The number of halogens is 1. The van der Waals surface area contributed by atoms with Crippen molar-refractivity contribution in [3.8, 4) is 0 Å². The Morgan fingerprint density at radius 2 is 2.18 bits per heavy atom. The van der Waals surface area contributed by atoms with E-state index in [0.29, 0.717) is 5.03 Å². The van der Waals surface area contributed by atoms with Gasteiger partial charge < -0.3 is 5.32 Å². The Labute approximate surface area is 129 Å². The van der Waals surface area contributed by atoms with Crippen LogP contribution in [0.4, 0.5) is 15.8 Å². The highest BCUT2D eigenvalue weighted by atomic mass is 32.2. The van der Waals surface area contributed by atoms with Gasteiger partial charge in [-0.3, -0.25) is 14.9 Å². The molecule has 1 amide bonds. The number of nitrogens with zero attached hydrogens (tertiary/aromatic N) is 2. The number of amides is 1. The second-order valence-corrected chi connectivity index (χ2v) is 5.43. The van der Waals surface area contributed by atoms with Crippen molar-refractivity contribution >= 4 is 29.0 Å². The number of pyridine rings is 1. The normalized spacial score (nSPS) is 10.3. The van der Waals surface area contributed by atoms with Gasteiger partial charge in [0.1, 0.15) is 12.0 Å². The molecule has 0 radical (unpaired) electrons. The number of aromatic nitrogens is 1. The predicted molar refractivity (Wildman–Crippen MR) is 81.4 cm³/mol. The molecule has 1 aromatic carbocycles. The van der Waals surface area contributed by atoms with E-state index in [0.717, 1.165) is 23.5 Å². The maximum absolute atomic E-state index is 13.5. The summed E-state index contributed by atoms with van der Waals surface area (Å²) in [5, 5.41) is 13.5. The molecule has 114 valence electrons. The van der Waals surface area contributed by atoms with Gasteiger partial charge in [0.25, 0.3) is 5.69 Å². The first-order valence-corrected chi connectivity index (χ1v) is 7.23. The van der Waals surface area contributed by atoms with E-state index >= 15 is 0 Å². The second-order valence-electron chi connectivity index (χ2n) is 4.43. The van der Waals surface area contributed by atoms with Crippen LogP contribution < -0.4 is 5.32 Å². The van der Waals surface area contributed by atoms with E-state index in [1.807, 2.05) is 0 Å². The minimum atomic E-state index is -0.547. The molecular formula is C14H12FN3O3S. The third kappa shape index (κ3) is 4.26. The maximum atomic E-state index is 13.5. The van der Waals surface area contributed by atoms with Crippen LogP contribution in [0.15, 0.2) is 41.6 Å². The standard InChI is InChI=1S/C14H12FN3O3S/c1-9-2-4-11(15)12(6-9)17-13(19)8-22-14-5-3-10(7-16-14)18(20)21/h2-7H,8H2,1H3,(H,17,19). The van der Waals surface area contributed by atoms with Crippen molar-refractivity contribution in [1.29, 1.82) is 0 Å². The Morgan fingerprint density at radius 3 is 2.82 bits per heavy atom. The molecule has 8 heteroatoms. The van der Waals surface area contributed by atoms with Crippen molar-refractivity contribution in [2.75, 3.05) is 11.1 Å². The summed E-state index contributed by atoms with van der Waals surface area (Å²) in [4.78, 5) is 25.6. The number of nitro groups is 1. The highest BCUT2D eigenvalue weighted by Crippen LogP contribution is 2.20. The van der Waals surface area contributed by atoms with Crippen molar-refractivity contribution in [3.05, 3.63) is 58.0 Å². The van der Waals surface area contributed by atoms with Gasteiger partial charge in [0.2, 0.25) is 5.91 Å². The van der Waals surface area contributed by atoms with Crippen LogP contribution in [0.2, 0.25) is 0 Å². The van der Waals surface area contributed by atoms with Gasteiger partial charge in [-0.2, -0.15) is 0 Å². The molecule has 0 aliphatic rings. The van der Waals surface area contributed by atoms with Gasteiger partial charge in [-0.1, -0.05) is 17.8 Å². The van der Waals surface area contributed by atoms with Crippen LogP contribution in [0.1, 0.15) is 5.56 Å². The Bertz CT molecular complexity index is 707. The van der Waals surface area contributed by atoms with Gasteiger partial charge >= 0.3 is 0 Å². The average Bonchev–Trinajstić information content (AvgIpc) is 2.49. The monoisotopic (exact) mass is 321 g/mol. The van der Waals surface area contributed by atoms with Crippen LogP contribution in [0.25, 0.3) is 0 Å². The number of hydrogen-bond acceptors (Lipinski definition) is 5. The molecule has 22 heavy (non-hydrogen) atoms. The zero-order valence-corrected chi connectivity index (χ0v) is 12.4. The highest BCUT2D eigenvalue weighted by molar-refractivity contribution is 7.99. The first-order chi connectivity index (χ1) is 10.5. The zero-order valence-electron chi connectivity index (χ0n) is 11.6. The molecule has 6 nitrogen and oxygen atoms in total. The third-order valence-electron chi connectivity index (χ3n) is 2.68. The molecule has 0 bridgehead atoms. The summed E-state index contributed by atoms with van der Waals surface area (Å²) >= 11 is 1.11. The van der Waals surface area contributed by atoms with Crippen LogP contribution in [-0.4, -0.2) is 21.6 Å². The molecule has 0 aliphatic heterocycles.